The van der Waals surface area contributed by atoms with E-state index in [0.717, 1.165) is 12.8 Å². The maximum absolute atomic E-state index is 11.6. The molecule has 2 rings (SSSR count). The first kappa shape index (κ1) is 11.6. The van der Waals surface area contributed by atoms with Gasteiger partial charge in [-0.15, -0.1) is 0 Å². The van der Waals surface area contributed by atoms with Gasteiger partial charge in [-0.1, -0.05) is 11.6 Å². The van der Waals surface area contributed by atoms with Gasteiger partial charge in [0.05, 0.1) is 18.2 Å². The second-order valence-corrected chi connectivity index (χ2v) is 5.07. The van der Waals surface area contributed by atoms with Crippen molar-refractivity contribution < 1.29 is 4.74 Å². The zero-order valence-electron chi connectivity index (χ0n) is 9.44. The van der Waals surface area contributed by atoms with E-state index >= 15 is 0 Å². The molecule has 1 aliphatic heterocycles. The fourth-order valence-electron chi connectivity index (χ4n) is 1.99. The molecule has 4 nitrogen and oxygen atoms in total. The molecule has 1 fully saturated rings. The molecule has 1 unspecified atom stereocenters. The van der Waals surface area contributed by atoms with Gasteiger partial charge in [-0.2, -0.15) is 0 Å². The SMILES string of the molecule is CC1(C)CCC(Cn2ccnc(Cl)c2=O)O1. The largest absolute Gasteiger partial charge is 0.370 e. The summed E-state index contributed by atoms with van der Waals surface area (Å²) in [5.41, 5.74) is -0.331. The van der Waals surface area contributed by atoms with Gasteiger partial charge in [0.2, 0.25) is 0 Å². The molecule has 2 heterocycles. The van der Waals surface area contributed by atoms with Crippen LogP contribution in [0.3, 0.4) is 0 Å². The molecule has 1 aromatic heterocycles. The molecule has 0 saturated carbocycles. The van der Waals surface area contributed by atoms with Gasteiger partial charge in [0.25, 0.3) is 5.56 Å². The van der Waals surface area contributed by atoms with Gasteiger partial charge in [-0.3, -0.25) is 4.79 Å². The third-order valence-electron chi connectivity index (χ3n) is 2.83. The third-order valence-corrected chi connectivity index (χ3v) is 3.09. The van der Waals surface area contributed by atoms with E-state index in [-0.39, 0.29) is 22.4 Å². The fourth-order valence-corrected chi connectivity index (χ4v) is 2.15. The summed E-state index contributed by atoms with van der Waals surface area (Å²) in [5.74, 6) is 0. The highest BCUT2D eigenvalue weighted by atomic mass is 35.5. The molecule has 88 valence electrons. The highest BCUT2D eigenvalue weighted by Gasteiger charge is 2.31. The Kier molecular flexibility index (Phi) is 3.04. The van der Waals surface area contributed by atoms with Crippen molar-refractivity contribution >= 4 is 11.6 Å². The highest BCUT2D eigenvalue weighted by molar-refractivity contribution is 6.29. The van der Waals surface area contributed by atoms with Gasteiger partial charge in [-0.05, 0) is 26.7 Å². The number of rotatable bonds is 2. The van der Waals surface area contributed by atoms with Crippen LogP contribution in [-0.4, -0.2) is 21.3 Å². The van der Waals surface area contributed by atoms with Crippen LogP contribution in [0.15, 0.2) is 17.2 Å². The Morgan fingerprint density at radius 3 is 3.06 bits per heavy atom. The van der Waals surface area contributed by atoms with Crippen LogP contribution in [0.5, 0.6) is 0 Å². The molecule has 0 aromatic carbocycles. The van der Waals surface area contributed by atoms with E-state index in [2.05, 4.69) is 18.8 Å². The smallest absolute Gasteiger partial charge is 0.288 e. The Morgan fingerprint density at radius 1 is 1.69 bits per heavy atom. The Balaban J connectivity index is 2.11. The Hall–Kier alpha value is -0.870. The summed E-state index contributed by atoms with van der Waals surface area (Å²) in [7, 11) is 0. The van der Waals surface area contributed by atoms with Crippen molar-refractivity contribution in [2.24, 2.45) is 0 Å². The van der Waals surface area contributed by atoms with Crippen LogP contribution < -0.4 is 5.56 Å². The van der Waals surface area contributed by atoms with Crippen molar-refractivity contribution in [3.8, 4) is 0 Å². The van der Waals surface area contributed by atoms with Crippen LogP contribution in [-0.2, 0) is 11.3 Å². The number of nitrogens with zero attached hydrogens (tertiary/aromatic N) is 2. The number of hydrogen-bond donors (Lipinski definition) is 0. The number of ether oxygens (including phenoxy) is 1. The monoisotopic (exact) mass is 242 g/mol. The van der Waals surface area contributed by atoms with Crippen molar-refractivity contribution in [3.63, 3.8) is 0 Å². The lowest BCUT2D eigenvalue weighted by atomic mass is 10.1. The average Bonchev–Trinajstić information content (AvgIpc) is 2.53. The Bertz CT molecular complexity index is 442. The van der Waals surface area contributed by atoms with E-state index in [1.807, 2.05) is 0 Å². The van der Waals surface area contributed by atoms with Crippen molar-refractivity contribution in [2.45, 2.75) is 44.9 Å². The molecule has 1 aromatic rings. The quantitative estimate of drug-likeness (QED) is 0.795. The van der Waals surface area contributed by atoms with Crippen LogP contribution in [0.2, 0.25) is 5.15 Å². The number of aromatic nitrogens is 2. The molecule has 0 amide bonds. The van der Waals surface area contributed by atoms with Crippen molar-refractivity contribution in [1.29, 1.82) is 0 Å². The van der Waals surface area contributed by atoms with E-state index in [1.165, 1.54) is 6.20 Å². The normalized spacial score (nSPS) is 23.6. The second-order valence-electron chi connectivity index (χ2n) is 4.71. The maximum atomic E-state index is 11.6. The van der Waals surface area contributed by atoms with Crippen LogP contribution in [0, 0.1) is 0 Å². The fraction of sp³-hybridized carbons (Fsp3) is 0.636. The molecule has 0 spiro atoms. The zero-order chi connectivity index (χ0) is 11.8. The summed E-state index contributed by atoms with van der Waals surface area (Å²) in [5, 5.41) is 0.0137. The molecule has 0 N–H and O–H groups in total. The van der Waals surface area contributed by atoms with Crippen molar-refractivity contribution in [1.82, 2.24) is 9.55 Å². The van der Waals surface area contributed by atoms with Gasteiger partial charge >= 0.3 is 0 Å². The second kappa shape index (κ2) is 4.18. The molecule has 0 aliphatic carbocycles. The topological polar surface area (TPSA) is 44.1 Å². The minimum Gasteiger partial charge on any atom is -0.370 e. The average molecular weight is 243 g/mol. The van der Waals surface area contributed by atoms with Gasteiger partial charge in [0.15, 0.2) is 5.15 Å². The van der Waals surface area contributed by atoms with Gasteiger partial charge in [0, 0.05) is 12.4 Å². The maximum Gasteiger partial charge on any atom is 0.288 e. The minimum absolute atomic E-state index is 0.0137. The summed E-state index contributed by atoms with van der Waals surface area (Å²) in [4.78, 5) is 15.4. The Labute approximate surface area is 99.2 Å². The van der Waals surface area contributed by atoms with E-state index in [4.69, 9.17) is 16.3 Å². The predicted molar refractivity (Wildman–Crippen MR) is 61.7 cm³/mol. The Morgan fingerprint density at radius 2 is 2.44 bits per heavy atom. The van der Waals surface area contributed by atoms with Gasteiger partial charge < -0.3 is 9.30 Å². The predicted octanol–water partition coefficient (Wildman–Crippen LogP) is 1.85. The van der Waals surface area contributed by atoms with Crippen LogP contribution in [0.1, 0.15) is 26.7 Å². The zero-order valence-corrected chi connectivity index (χ0v) is 10.2. The lowest BCUT2D eigenvalue weighted by Crippen LogP contribution is -2.28. The van der Waals surface area contributed by atoms with Crippen molar-refractivity contribution in [2.75, 3.05) is 0 Å². The van der Waals surface area contributed by atoms with Crippen molar-refractivity contribution in [3.05, 3.63) is 27.9 Å². The summed E-state index contributed by atoms with van der Waals surface area (Å²) in [6, 6.07) is 0. The van der Waals surface area contributed by atoms with E-state index < -0.39 is 0 Å². The first-order chi connectivity index (χ1) is 7.48. The molecule has 0 radical (unpaired) electrons. The highest BCUT2D eigenvalue weighted by Crippen LogP contribution is 2.29. The minimum atomic E-state index is -0.252. The summed E-state index contributed by atoms with van der Waals surface area (Å²) >= 11 is 5.67. The summed E-state index contributed by atoms with van der Waals surface area (Å²) in [6.07, 6.45) is 5.25. The molecular formula is C11H15ClN2O2. The van der Waals surface area contributed by atoms with E-state index in [1.54, 1.807) is 10.8 Å². The molecule has 1 saturated heterocycles. The third kappa shape index (κ3) is 2.44. The van der Waals surface area contributed by atoms with Crippen LogP contribution >= 0.6 is 11.6 Å². The lowest BCUT2D eigenvalue weighted by Gasteiger charge is -2.19. The van der Waals surface area contributed by atoms with Crippen LogP contribution in [0.4, 0.5) is 0 Å². The van der Waals surface area contributed by atoms with Gasteiger partial charge in [0.1, 0.15) is 0 Å². The molecule has 16 heavy (non-hydrogen) atoms. The first-order valence-corrected chi connectivity index (χ1v) is 5.74. The van der Waals surface area contributed by atoms with Crippen LogP contribution in [0.25, 0.3) is 0 Å². The summed E-state index contributed by atoms with van der Waals surface area (Å²) < 4.78 is 7.38. The number of halogens is 1. The van der Waals surface area contributed by atoms with E-state index in [0.29, 0.717) is 6.54 Å². The first-order valence-electron chi connectivity index (χ1n) is 5.37. The summed E-state index contributed by atoms with van der Waals surface area (Å²) in [6.45, 7) is 4.68. The molecule has 0 bridgehead atoms. The number of hydrogen-bond acceptors (Lipinski definition) is 3. The molecular weight excluding hydrogens is 228 g/mol. The molecule has 1 aliphatic rings. The lowest BCUT2D eigenvalue weighted by molar-refractivity contribution is -0.0220. The van der Waals surface area contributed by atoms with Gasteiger partial charge in [-0.25, -0.2) is 4.98 Å². The molecule has 1 atom stereocenters. The molecule has 5 heteroatoms. The van der Waals surface area contributed by atoms with E-state index in [9.17, 15) is 4.79 Å². The standard InChI is InChI=1S/C11H15ClN2O2/c1-11(2)4-3-8(16-11)7-14-6-5-13-9(12)10(14)15/h5-6,8H,3-4,7H2,1-2H3.